The highest BCUT2D eigenvalue weighted by atomic mass is 16.5. The normalized spacial score (nSPS) is 25.3. The molecule has 4 unspecified atom stereocenters. The van der Waals surface area contributed by atoms with Crippen LogP contribution >= 0.6 is 0 Å². The highest BCUT2D eigenvalue weighted by Crippen LogP contribution is 2.57. The smallest absolute Gasteiger partial charge is 0.402 e. The first-order valence-corrected chi connectivity index (χ1v) is 11.4. The van der Waals surface area contributed by atoms with E-state index < -0.39 is 11.8 Å². The molecule has 3 aliphatic rings. The minimum absolute atomic E-state index is 0.0361. The summed E-state index contributed by atoms with van der Waals surface area (Å²) in [5, 5.41) is 25.7. The first kappa shape index (κ1) is 23.2. The fourth-order valence-electron chi connectivity index (χ4n) is 5.65. The van der Waals surface area contributed by atoms with Crippen LogP contribution in [0.5, 0.6) is 5.75 Å². The number of pyridine rings is 1. The average molecular weight is 480 g/mol. The molecule has 0 bridgehead atoms. The molecule has 2 fully saturated rings. The zero-order valence-corrected chi connectivity index (χ0v) is 19.8. The number of aliphatic hydroxyl groups excluding tert-OH is 1. The van der Waals surface area contributed by atoms with E-state index in [2.05, 4.69) is 45.3 Å². The van der Waals surface area contributed by atoms with Crippen LogP contribution in [0.25, 0.3) is 10.9 Å². The van der Waals surface area contributed by atoms with Gasteiger partial charge in [-0.1, -0.05) is 6.07 Å². The second kappa shape index (κ2) is 8.56. The van der Waals surface area contributed by atoms with Gasteiger partial charge in [0.25, 0.3) is 0 Å². The molecular formula is C25H29N5O5. The molecule has 35 heavy (non-hydrogen) atoms. The first-order chi connectivity index (χ1) is 16.8. The van der Waals surface area contributed by atoms with Crippen molar-refractivity contribution in [3.63, 3.8) is 0 Å². The van der Waals surface area contributed by atoms with Gasteiger partial charge in [-0.25, -0.2) is 4.79 Å². The van der Waals surface area contributed by atoms with Crippen molar-refractivity contribution < 1.29 is 24.5 Å². The maximum Gasteiger partial charge on any atom is 0.402 e. The second-order valence-electron chi connectivity index (χ2n) is 8.99. The van der Waals surface area contributed by atoms with E-state index in [1.165, 1.54) is 0 Å². The number of benzene rings is 2. The summed E-state index contributed by atoms with van der Waals surface area (Å²) in [4.78, 5) is 15.7. The van der Waals surface area contributed by atoms with Crippen LogP contribution in [-0.4, -0.2) is 66.5 Å². The number of carboxylic acid groups (broad SMARTS) is 1. The number of amides is 1. The molecule has 2 aromatic carbocycles. The number of piperazine rings is 1. The van der Waals surface area contributed by atoms with Gasteiger partial charge >= 0.3 is 6.09 Å². The number of aliphatic hydroxyl groups is 1. The lowest BCUT2D eigenvalue weighted by molar-refractivity contribution is -0.0320. The molecular weight excluding hydrogens is 450 g/mol. The lowest BCUT2D eigenvalue weighted by atomic mass is 9.89. The van der Waals surface area contributed by atoms with E-state index in [9.17, 15) is 5.11 Å². The number of fused-ring (bicyclic) bond motifs is 6. The number of carbonyl (C=O) groups is 1. The van der Waals surface area contributed by atoms with E-state index in [4.69, 9.17) is 19.4 Å². The zero-order valence-electron chi connectivity index (χ0n) is 19.8. The number of ether oxygens (including phenoxy) is 2. The Morgan fingerprint density at radius 3 is 2.77 bits per heavy atom. The van der Waals surface area contributed by atoms with Gasteiger partial charge in [0, 0.05) is 48.7 Å². The molecule has 0 aliphatic carbocycles. The van der Waals surface area contributed by atoms with E-state index in [-0.39, 0.29) is 18.6 Å². The molecule has 0 saturated carbocycles. The predicted octanol–water partition coefficient (Wildman–Crippen LogP) is 2.51. The molecule has 0 radical (unpaired) electrons. The van der Waals surface area contributed by atoms with Gasteiger partial charge in [-0.2, -0.15) is 0 Å². The van der Waals surface area contributed by atoms with Gasteiger partial charge in [0.15, 0.2) is 5.72 Å². The molecule has 3 aliphatic heterocycles. The maximum atomic E-state index is 10.4. The van der Waals surface area contributed by atoms with E-state index in [1.54, 1.807) is 20.4 Å². The van der Waals surface area contributed by atoms with E-state index in [0.717, 1.165) is 51.4 Å². The Kier molecular flexibility index (Phi) is 5.66. The Bertz CT molecular complexity index is 1300. The number of nitrogens with one attached hydrogen (secondary N) is 2. The summed E-state index contributed by atoms with van der Waals surface area (Å²) in [5.74, 6) is 0.665. The topological polar surface area (TPSA) is 152 Å². The lowest BCUT2D eigenvalue weighted by Gasteiger charge is -2.38. The number of nitrogens with two attached hydrogens (primary N) is 1. The number of anilines is 3. The Balaban J connectivity index is 0.000000591. The summed E-state index contributed by atoms with van der Waals surface area (Å²) in [6, 6.07) is 13.0. The molecule has 1 aromatic heterocycles. The lowest BCUT2D eigenvalue weighted by Crippen LogP contribution is -2.54. The van der Waals surface area contributed by atoms with E-state index in [1.807, 2.05) is 24.3 Å². The molecule has 2 saturated heterocycles. The summed E-state index contributed by atoms with van der Waals surface area (Å²) >= 11 is 0. The van der Waals surface area contributed by atoms with Crippen LogP contribution in [0.15, 0.2) is 42.6 Å². The molecule has 4 atom stereocenters. The third-order valence-electron chi connectivity index (χ3n) is 7.17. The van der Waals surface area contributed by atoms with Crippen LogP contribution in [0.4, 0.5) is 21.9 Å². The number of methoxy groups -OCH3 is 2. The molecule has 184 valence electrons. The van der Waals surface area contributed by atoms with Gasteiger partial charge in [0.05, 0.1) is 36.9 Å². The molecule has 3 aromatic rings. The summed E-state index contributed by atoms with van der Waals surface area (Å²) in [5.41, 5.74) is 9.68. The average Bonchev–Trinajstić information content (AvgIpc) is 3.47. The quantitative estimate of drug-likeness (QED) is 0.348. The maximum absolute atomic E-state index is 10.4. The predicted molar refractivity (Wildman–Crippen MR) is 133 cm³/mol. The largest absolute Gasteiger partial charge is 0.497 e. The number of nitrogens with zero attached hydrogens (tertiary/aromatic N) is 2. The molecule has 0 spiro atoms. The zero-order chi connectivity index (χ0) is 24.9. The Morgan fingerprint density at radius 1 is 1.31 bits per heavy atom. The molecule has 4 heterocycles. The highest BCUT2D eigenvalue weighted by Gasteiger charge is 2.69. The monoisotopic (exact) mass is 479 g/mol. The number of aryl methyl sites for hydroxylation is 1. The van der Waals surface area contributed by atoms with Crippen molar-refractivity contribution in [1.82, 2.24) is 10.3 Å². The second-order valence-corrected chi connectivity index (χ2v) is 8.99. The summed E-state index contributed by atoms with van der Waals surface area (Å²) in [7, 11) is 3.42. The number of rotatable bonds is 5. The van der Waals surface area contributed by atoms with Crippen molar-refractivity contribution in [3.05, 3.63) is 53.7 Å². The Labute approximate surface area is 202 Å². The number of primary amides is 1. The summed E-state index contributed by atoms with van der Waals surface area (Å²) in [6.07, 6.45) is 0.465. The molecule has 6 N–H and O–H groups in total. The molecule has 6 rings (SSSR count). The minimum atomic E-state index is -1.33. The van der Waals surface area contributed by atoms with Crippen molar-refractivity contribution in [2.24, 2.45) is 5.73 Å². The van der Waals surface area contributed by atoms with Crippen LogP contribution in [-0.2, 0) is 4.74 Å². The van der Waals surface area contributed by atoms with Gasteiger partial charge in [-0.3, -0.25) is 4.98 Å². The van der Waals surface area contributed by atoms with Gasteiger partial charge in [0.1, 0.15) is 5.75 Å². The molecule has 1 amide bonds. The molecule has 10 nitrogen and oxygen atoms in total. The van der Waals surface area contributed by atoms with Gasteiger partial charge < -0.3 is 41.0 Å². The fourth-order valence-corrected chi connectivity index (χ4v) is 5.65. The highest BCUT2D eigenvalue weighted by molar-refractivity contribution is 5.94. The van der Waals surface area contributed by atoms with Crippen molar-refractivity contribution >= 4 is 34.1 Å². The Hall–Kier alpha value is -3.60. The van der Waals surface area contributed by atoms with E-state index in [0.29, 0.717) is 6.04 Å². The summed E-state index contributed by atoms with van der Waals surface area (Å²) in [6.45, 7) is 3.04. The van der Waals surface area contributed by atoms with Crippen LogP contribution < -0.4 is 26.0 Å². The number of hydrogen-bond donors (Lipinski definition) is 5. The summed E-state index contributed by atoms with van der Waals surface area (Å²) < 4.78 is 11.6. The number of hydrogen-bond acceptors (Lipinski definition) is 8. The Morgan fingerprint density at radius 2 is 2.09 bits per heavy atom. The van der Waals surface area contributed by atoms with Crippen molar-refractivity contribution in [3.8, 4) is 5.75 Å². The molecule has 10 heteroatoms. The van der Waals surface area contributed by atoms with Gasteiger partial charge in [0.2, 0.25) is 0 Å². The van der Waals surface area contributed by atoms with Crippen molar-refractivity contribution in [2.45, 2.75) is 30.7 Å². The van der Waals surface area contributed by atoms with Crippen LogP contribution in [0.1, 0.15) is 17.0 Å². The minimum Gasteiger partial charge on any atom is -0.497 e. The number of aromatic nitrogens is 1. The van der Waals surface area contributed by atoms with Crippen molar-refractivity contribution in [1.29, 1.82) is 0 Å². The third-order valence-corrected chi connectivity index (χ3v) is 7.17. The van der Waals surface area contributed by atoms with Crippen molar-refractivity contribution in [2.75, 3.05) is 37.6 Å². The van der Waals surface area contributed by atoms with E-state index >= 15 is 0 Å². The van der Waals surface area contributed by atoms with Crippen LogP contribution in [0.3, 0.4) is 0 Å². The standard InChI is InChI=1S/C24H26N4O3.CH3NO2/c1-13-7-21-16(17(12-29)24(31-3)23-20(27-23)11-28(21)24)10-18(13)26-19-9-15(30-2)8-14-5-4-6-25-22(14)19;2-1(3)4/h4-10,17,20,23,26-27,29H,11-12H2,1-3H3;2H2,(H,3,4). The first-order valence-electron chi connectivity index (χ1n) is 11.4. The van der Waals surface area contributed by atoms with Crippen LogP contribution in [0, 0.1) is 6.92 Å². The van der Waals surface area contributed by atoms with Gasteiger partial charge in [-0.15, -0.1) is 0 Å². The third kappa shape index (κ3) is 3.61. The van der Waals surface area contributed by atoms with Gasteiger partial charge in [-0.05, 0) is 42.3 Å². The SMILES string of the molecule is COc1cc(Nc2cc3c(cc2C)N2CC4NC4C2(OC)C3CO)c2ncccc2c1.NC(=O)O. The van der Waals surface area contributed by atoms with Crippen LogP contribution in [0.2, 0.25) is 0 Å². The fraction of sp³-hybridized carbons (Fsp3) is 0.360.